The van der Waals surface area contributed by atoms with Crippen molar-refractivity contribution in [2.45, 2.75) is 23.1 Å². The highest BCUT2D eigenvalue weighted by molar-refractivity contribution is 8.02. The van der Waals surface area contributed by atoms with Crippen molar-refractivity contribution in [1.29, 1.82) is 0 Å². The molecule has 0 bridgehead atoms. The third kappa shape index (κ3) is 5.67. The molecule has 146 valence electrons. The van der Waals surface area contributed by atoms with Crippen molar-refractivity contribution < 1.29 is 13.9 Å². The summed E-state index contributed by atoms with van der Waals surface area (Å²) in [5.41, 5.74) is 1.72. The smallest absolute Gasteiger partial charge is 0.233 e. The highest BCUT2D eigenvalue weighted by Gasteiger charge is 2.17. The number of nitrogens with one attached hydrogen (secondary N) is 2. The number of carbonyl (C=O) groups excluding carboxylic acids is 1. The standard InChI is InChI=1S/C19H19FN4O2S2/c1-12(17(25)21-11-13-3-5-14(20)6-4-13)27-19-24-23-18(28-19)22-15-7-9-16(26-2)10-8-15/h3-10,12H,11H2,1-2H3,(H,21,25)(H,22,23). The summed E-state index contributed by atoms with van der Waals surface area (Å²) >= 11 is 2.72. The molecule has 1 amide bonds. The number of thioether (sulfide) groups is 1. The fourth-order valence-corrected chi connectivity index (χ4v) is 4.19. The Bertz CT molecular complexity index is 916. The highest BCUT2D eigenvalue weighted by atomic mass is 32.2. The summed E-state index contributed by atoms with van der Waals surface area (Å²) in [6, 6.07) is 13.5. The van der Waals surface area contributed by atoms with E-state index in [1.54, 1.807) is 19.2 Å². The van der Waals surface area contributed by atoms with E-state index in [4.69, 9.17) is 4.74 Å². The average Bonchev–Trinajstić information content (AvgIpc) is 3.14. The topological polar surface area (TPSA) is 76.1 Å². The van der Waals surface area contributed by atoms with Crippen molar-refractivity contribution in [2.24, 2.45) is 0 Å². The molecule has 2 N–H and O–H groups in total. The molecule has 1 unspecified atom stereocenters. The predicted molar refractivity (Wildman–Crippen MR) is 110 cm³/mol. The minimum Gasteiger partial charge on any atom is -0.497 e. The van der Waals surface area contributed by atoms with E-state index < -0.39 is 0 Å². The summed E-state index contributed by atoms with van der Waals surface area (Å²) in [6.07, 6.45) is 0. The maximum atomic E-state index is 12.9. The van der Waals surface area contributed by atoms with Crippen LogP contribution in [0, 0.1) is 5.82 Å². The number of benzene rings is 2. The Hall–Kier alpha value is -2.65. The molecular formula is C19H19FN4O2S2. The quantitative estimate of drug-likeness (QED) is 0.533. The van der Waals surface area contributed by atoms with E-state index in [1.807, 2.05) is 31.2 Å². The SMILES string of the molecule is COc1ccc(Nc2nnc(SC(C)C(=O)NCc3ccc(F)cc3)s2)cc1. The van der Waals surface area contributed by atoms with Crippen LogP contribution in [0.15, 0.2) is 52.9 Å². The van der Waals surface area contributed by atoms with Gasteiger partial charge in [0.05, 0.1) is 12.4 Å². The van der Waals surface area contributed by atoms with Gasteiger partial charge in [-0.1, -0.05) is 35.2 Å². The first-order valence-electron chi connectivity index (χ1n) is 8.47. The second-order valence-electron chi connectivity index (χ2n) is 5.83. The molecule has 3 aromatic rings. The van der Waals surface area contributed by atoms with Crippen LogP contribution >= 0.6 is 23.1 Å². The molecule has 1 atom stereocenters. The van der Waals surface area contributed by atoms with Crippen LogP contribution in [-0.2, 0) is 11.3 Å². The third-order valence-electron chi connectivity index (χ3n) is 3.77. The molecule has 28 heavy (non-hydrogen) atoms. The van der Waals surface area contributed by atoms with Crippen molar-refractivity contribution in [2.75, 3.05) is 12.4 Å². The van der Waals surface area contributed by atoms with Crippen LogP contribution < -0.4 is 15.4 Å². The van der Waals surface area contributed by atoms with Gasteiger partial charge in [-0.15, -0.1) is 10.2 Å². The van der Waals surface area contributed by atoms with Gasteiger partial charge in [0, 0.05) is 12.2 Å². The number of anilines is 2. The summed E-state index contributed by atoms with van der Waals surface area (Å²) in [7, 11) is 1.62. The molecule has 0 saturated heterocycles. The van der Waals surface area contributed by atoms with Crippen LogP contribution in [-0.4, -0.2) is 28.5 Å². The molecule has 1 aromatic heterocycles. The Labute approximate surface area is 170 Å². The monoisotopic (exact) mass is 418 g/mol. The molecule has 0 saturated carbocycles. The first-order chi connectivity index (χ1) is 13.5. The van der Waals surface area contributed by atoms with E-state index in [-0.39, 0.29) is 17.0 Å². The number of amides is 1. The van der Waals surface area contributed by atoms with E-state index in [0.717, 1.165) is 17.0 Å². The van der Waals surface area contributed by atoms with Gasteiger partial charge < -0.3 is 15.4 Å². The zero-order valence-corrected chi connectivity index (χ0v) is 16.9. The Kier molecular flexibility index (Phi) is 6.83. The Balaban J connectivity index is 1.50. The van der Waals surface area contributed by atoms with Gasteiger partial charge in [0.15, 0.2) is 4.34 Å². The number of methoxy groups -OCH3 is 1. The summed E-state index contributed by atoms with van der Waals surface area (Å²) < 4.78 is 18.7. The number of hydrogen-bond donors (Lipinski definition) is 2. The van der Waals surface area contributed by atoms with Crippen LogP contribution in [0.1, 0.15) is 12.5 Å². The first kappa shape index (κ1) is 20.1. The van der Waals surface area contributed by atoms with E-state index in [0.29, 0.717) is 16.0 Å². The second-order valence-corrected chi connectivity index (χ2v) is 8.40. The van der Waals surface area contributed by atoms with Crippen LogP contribution in [0.2, 0.25) is 0 Å². The highest BCUT2D eigenvalue weighted by Crippen LogP contribution is 2.30. The number of rotatable bonds is 8. The number of nitrogens with zero attached hydrogens (tertiary/aromatic N) is 2. The van der Waals surface area contributed by atoms with Gasteiger partial charge in [0.25, 0.3) is 0 Å². The fourth-order valence-electron chi connectivity index (χ4n) is 2.25. The lowest BCUT2D eigenvalue weighted by Crippen LogP contribution is -2.30. The third-order valence-corrected chi connectivity index (χ3v) is 5.80. The van der Waals surface area contributed by atoms with Gasteiger partial charge in [0.2, 0.25) is 11.0 Å². The van der Waals surface area contributed by atoms with Gasteiger partial charge in [-0.05, 0) is 48.9 Å². The first-order valence-corrected chi connectivity index (χ1v) is 10.2. The largest absolute Gasteiger partial charge is 0.497 e. The van der Waals surface area contributed by atoms with Gasteiger partial charge in [-0.25, -0.2) is 4.39 Å². The Morgan fingerprint density at radius 2 is 1.89 bits per heavy atom. The maximum Gasteiger partial charge on any atom is 0.233 e. The van der Waals surface area contributed by atoms with E-state index in [1.165, 1.54) is 35.2 Å². The predicted octanol–water partition coefficient (Wildman–Crippen LogP) is 4.23. The molecule has 0 radical (unpaired) electrons. The van der Waals surface area contributed by atoms with Crippen LogP contribution in [0.4, 0.5) is 15.2 Å². The lowest BCUT2D eigenvalue weighted by atomic mass is 10.2. The summed E-state index contributed by atoms with van der Waals surface area (Å²) in [5.74, 6) is 0.364. The number of aromatic nitrogens is 2. The Morgan fingerprint density at radius 3 is 2.57 bits per heavy atom. The van der Waals surface area contributed by atoms with Crippen molar-refractivity contribution in [1.82, 2.24) is 15.5 Å². The number of hydrogen-bond acceptors (Lipinski definition) is 7. The summed E-state index contributed by atoms with van der Waals surface area (Å²) in [4.78, 5) is 12.3. The fraction of sp³-hybridized carbons (Fsp3) is 0.211. The van der Waals surface area contributed by atoms with Gasteiger partial charge in [-0.2, -0.15) is 0 Å². The van der Waals surface area contributed by atoms with E-state index >= 15 is 0 Å². The molecular weight excluding hydrogens is 399 g/mol. The molecule has 0 aliphatic rings. The van der Waals surface area contributed by atoms with Crippen molar-refractivity contribution >= 4 is 39.8 Å². The zero-order chi connectivity index (χ0) is 19.9. The van der Waals surface area contributed by atoms with Gasteiger partial charge in [0.1, 0.15) is 11.6 Å². The van der Waals surface area contributed by atoms with Crippen molar-refractivity contribution in [3.8, 4) is 5.75 Å². The van der Waals surface area contributed by atoms with Crippen molar-refractivity contribution in [3.05, 3.63) is 59.9 Å². The van der Waals surface area contributed by atoms with Crippen molar-refractivity contribution in [3.63, 3.8) is 0 Å². The number of ether oxygens (including phenoxy) is 1. The van der Waals surface area contributed by atoms with Gasteiger partial charge in [-0.3, -0.25) is 4.79 Å². The molecule has 1 heterocycles. The second kappa shape index (κ2) is 9.52. The minimum atomic E-state index is -0.331. The average molecular weight is 419 g/mol. The van der Waals surface area contributed by atoms with Crippen LogP contribution in [0.3, 0.4) is 0 Å². The van der Waals surface area contributed by atoms with Crippen LogP contribution in [0.5, 0.6) is 5.75 Å². The molecule has 6 nitrogen and oxygen atoms in total. The number of halogens is 1. The summed E-state index contributed by atoms with van der Waals surface area (Å²) in [6.45, 7) is 2.16. The summed E-state index contributed by atoms with van der Waals surface area (Å²) in [5, 5.41) is 14.6. The maximum absolute atomic E-state index is 12.9. The molecule has 0 aliphatic carbocycles. The normalized spacial score (nSPS) is 11.7. The Morgan fingerprint density at radius 1 is 1.18 bits per heavy atom. The zero-order valence-electron chi connectivity index (χ0n) is 15.3. The van der Waals surface area contributed by atoms with Gasteiger partial charge >= 0.3 is 0 Å². The lowest BCUT2D eigenvalue weighted by Gasteiger charge is -2.10. The molecule has 9 heteroatoms. The molecule has 0 fully saturated rings. The van der Waals surface area contributed by atoms with E-state index in [9.17, 15) is 9.18 Å². The molecule has 0 spiro atoms. The minimum absolute atomic E-state index is 0.116. The van der Waals surface area contributed by atoms with Crippen LogP contribution in [0.25, 0.3) is 0 Å². The lowest BCUT2D eigenvalue weighted by molar-refractivity contribution is -0.120. The number of carbonyl (C=O) groups is 1. The molecule has 0 aliphatic heterocycles. The molecule has 3 rings (SSSR count). The molecule has 2 aromatic carbocycles. The van der Waals surface area contributed by atoms with E-state index in [2.05, 4.69) is 20.8 Å².